The SMILES string of the molecule is CC[C@@H]1CC(=O)[C@H]([C@H](O)[C@H](C)Cc2nc3c(C(=O)OC)cccc3[nH]2)N(C)C(=O)[C@H](C(C)C)N(C)C(=O)[C@H](CC(C)C)N(C)C(=O)[C@H](CC(C)C)N(C)C(=O)[C@@H](C)NC(=O)[C@H](C)CC(=O)[C@H](CC(C)C)N(C)C(=O)[C@H](C(C)C)CC(=O)[C@H](CC(C)C)N(C)C(=O)CN(C)C1=O. The molecule has 95 heavy (non-hydrogen) atoms. The lowest BCUT2D eigenvalue weighted by Gasteiger charge is -2.41. The second-order valence-electron chi connectivity index (χ2n) is 29.3. The zero-order valence-corrected chi connectivity index (χ0v) is 61.5. The molecule has 2 heterocycles. The molecule has 0 bridgehead atoms. The van der Waals surface area contributed by atoms with E-state index in [1.165, 1.54) is 92.8 Å². The number of methoxy groups -OCH3 is 1. The minimum Gasteiger partial charge on any atom is -0.465 e. The number of benzene rings is 1. The molecular weight excluding hydrogens is 1220 g/mol. The number of likely N-dealkylation sites (N-methyl/N-ethyl adjacent to an activating group) is 7. The summed E-state index contributed by atoms with van der Waals surface area (Å²) in [6, 6.07) is -3.61. The van der Waals surface area contributed by atoms with Gasteiger partial charge in [0.25, 0.3) is 0 Å². The van der Waals surface area contributed by atoms with Gasteiger partial charge in [-0.05, 0) is 92.6 Å². The Labute approximate surface area is 565 Å². The maximum Gasteiger partial charge on any atom is 0.340 e. The summed E-state index contributed by atoms with van der Waals surface area (Å²) in [6.45, 7) is 28.0. The number of ketones is 3. The van der Waals surface area contributed by atoms with Gasteiger partial charge in [0.1, 0.15) is 41.6 Å². The van der Waals surface area contributed by atoms with Crippen molar-refractivity contribution in [3.8, 4) is 0 Å². The Morgan fingerprint density at radius 2 is 1.04 bits per heavy atom. The summed E-state index contributed by atoms with van der Waals surface area (Å²) in [6.07, 6.45) is -1.95. The minimum absolute atomic E-state index is 0.00305. The number of hydrogen-bond donors (Lipinski definition) is 3. The van der Waals surface area contributed by atoms with Crippen LogP contribution in [0.5, 0.6) is 0 Å². The number of hydrogen-bond acceptors (Lipinski definition) is 15. The number of aliphatic hydroxyl groups is 1. The van der Waals surface area contributed by atoms with Crippen LogP contribution in [0.25, 0.3) is 11.0 Å². The van der Waals surface area contributed by atoms with Crippen molar-refractivity contribution in [2.45, 2.75) is 217 Å². The number of H-pyrrole nitrogens is 1. The predicted molar refractivity (Wildman–Crippen MR) is 364 cm³/mol. The Bertz CT molecular complexity index is 3030. The van der Waals surface area contributed by atoms with E-state index in [-0.39, 0.29) is 80.6 Å². The first-order chi connectivity index (χ1) is 44.1. The van der Waals surface area contributed by atoms with Crippen LogP contribution in [0.15, 0.2) is 18.2 Å². The Morgan fingerprint density at radius 1 is 0.568 bits per heavy atom. The van der Waals surface area contributed by atoms with E-state index in [0.717, 1.165) is 4.90 Å². The van der Waals surface area contributed by atoms with Gasteiger partial charge < -0.3 is 54.4 Å². The van der Waals surface area contributed by atoms with E-state index < -0.39 is 167 Å². The fraction of sp³-hybridized carbons (Fsp3) is 0.732. The third kappa shape index (κ3) is 21.4. The van der Waals surface area contributed by atoms with Crippen LogP contribution in [0.4, 0.5) is 0 Å². The monoisotopic (exact) mass is 1330 g/mol. The van der Waals surface area contributed by atoms with Gasteiger partial charge in [0.05, 0.1) is 42.9 Å². The predicted octanol–water partition coefficient (Wildman–Crippen LogP) is 6.48. The maximum atomic E-state index is 15.5. The van der Waals surface area contributed by atoms with Crippen LogP contribution in [0.2, 0.25) is 0 Å². The molecule has 0 unspecified atom stereocenters. The molecule has 1 aromatic carbocycles. The Morgan fingerprint density at radius 3 is 1.54 bits per heavy atom. The molecule has 1 saturated heterocycles. The van der Waals surface area contributed by atoms with Crippen LogP contribution < -0.4 is 5.32 Å². The lowest BCUT2D eigenvalue weighted by molar-refractivity contribution is -0.157. The van der Waals surface area contributed by atoms with Crippen LogP contribution in [0.3, 0.4) is 0 Å². The van der Waals surface area contributed by atoms with Crippen molar-refractivity contribution in [3.63, 3.8) is 0 Å². The summed E-state index contributed by atoms with van der Waals surface area (Å²) in [5.74, 6) is -12.1. The smallest absolute Gasteiger partial charge is 0.340 e. The van der Waals surface area contributed by atoms with Crippen molar-refractivity contribution in [2.24, 2.45) is 59.2 Å². The molecular formula is C71H116N10O14. The second-order valence-corrected chi connectivity index (χ2v) is 29.3. The molecule has 8 amide bonds. The summed E-state index contributed by atoms with van der Waals surface area (Å²) in [5.41, 5.74) is 1.01. The average molecular weight is 1330 g/mol. The first-order valence-electron chi connectivity index (χ1n) is 34.0. The number of fused-ring (bicyclic) bond motifs is 1. The van der Waals surface area contributed by atoms with Gasteiger partial charge in [-0.2, -0.15) is 0 Å². The molecule has 1 aliphatic heterocycles. The molecule has 3 N–H and O–H groups in total. The number of para-hydroxylation sites is 1. The number of ether oxygens (including phenoxy) is 1. The molecule has 534 valence electrons. The quantitative estimate of drug-likeness (QED) is 0.152. The molecule has 0 radical (unpaired) electrons. The van der Waals surface area contributed by atoms with Crippen LogP contribution in [0, 0.1) is 59.2 Å². The molecule has 2 aromatic rings. The Hall–Kier alpha value is -7.11. The molecule has 12 atom stereocenters. The van der Waals surface area contributed by atoms with Gasteiger partial charge in [-0.25, -0.2) is 9.78 Å². The number of amides is 8. The maximum absolute atomic E-state index is 15.5. The number of carbonyl (C=O) groups is 12. The average Bonchev–Trinajstić information content (AvgIpc) is 1.69. The van der Waals surface area contributed by atoms with Crippen molar-refractivity contribution < 1.29 is 67.4 Å². The van der Waals surface area contributed by atoms with Gasteiger partial charge >= 0.3 is 5.97 Å². The minimum atomic E-state index is -1.66. The fourth-order valence-corrected chi connectivity index (χ4v) is 12.9. The molecule has 24 heteroatoms. The van der Waals surface area contributed by atoms with E-state index in [9.17, 15) is 43.5 Å². The summed E-state index contributed by atoms with van der Waals surface area (Å²) in [7, 11) is 11.3. The molecule has 1 aromatic heterocycles. The Kier molecular flexibility index (Phi) is 31.4. The molecule has 0 saturated carbocycles. The van der Waals surface area contributed by atoms with Crippen molar-refractivity contribution in [1.29, 1.82) is 0 Å². The number of aromatic amines is 1. The highest BCUT2D eigenvalue weighted by atomic mass is 16.5. The highest BCUT2D eigenvalue weighted by Crippen LogP contribution is 2.30. The topological polar surface area (TPSA) is 298 Å². The Balaban J connectivity index is 2.34. The summed E-state index contributed by atoms with van der Waals surface area (Å²) in [5, 5.41) is 15.4. The fourth-order valence-electron chi connectivity index (χ4n) is 12.9. The molecule has 24 nitrogen and oxygen atoms in total. The van der Waals surface area contributed by atoms with Crippen LogP contribution >= 0.6 is 0 Å². The molecule has 3 rings (SSSR count). The van der Waals surface area contributed by atoms with Crippen molar-refractivity contribution in [1.82, 2.24) is 49.6 Å². The van der Waals surface area contributed by atoms with Gasteiger partial charge in [-0.1, -0.05) is 110 Å². The van der Waals surface area contributed by atoms with Gasteiger partial charge in [0, 0.05) is 92.8 Å². The number of aliphatic hydroxyl groups excluding tert-OH is 1. The van der Waals surface area contributed by atoms with Crippen LogP contribution in [-0.4, -0.2) is 231 Å². The highest BCUT2D eigenvalue weighted by molar-refractivity contribution is 6.02. The van der Waals surface area contributed by atoms with Gasteiger partial charge in [-0.15, -0.1) is 0 Å². The standard InChI is InChI=1S/C71H116N10O14/c1-25-47-35-57(84)62(63(86)44(14)34-58-73-50-28-26-27-48(60(50)74-58)71(94)95-24)81(23)70(93)61(43(12)13)80(22)69(92)54(32-41(8)9)79(21)68(91)53(31-40(6)7)78(20)65(88)46(16)72-64(87)45(15)33-55(82)52(30-39(4)5)77(19)67(90)49(42(10)11)36-56(83)51(29-38(2)3)76(18)59(85)37-75(17)66(47)89/h26-28,38-47,49,51-54,61-63,86H,25,29-37H2,1-24H3,(H,72,87)(H,73,74)/t44-,45-,46-,47-,49+,51+,52+,53+,54+,61+,62-,63-/m1/s1. The van der Waals surface area contributed by atoms with E-state index in [1.54, 1.807) is 66.7 Å². The molecule has 1 fully saturated rings. The third-order valence-electron chi connectivity index (χ3n) is 18.8. The largest absolute Gasteiger partial charge is 0.465 e. The molecule has 0 aliphatic carbocycles. The number of carbonyl (C=O) groups excluding carboxylic acids is 12. The van der Waals surface area contributed by atoms with E-state index in [2.05, 4.69) is 15.3 Å². The first-order valence-corrected chi connectivity index (χ1v) is 34.0. The third-order valence-corrected chi connectivity index (χ3v) is 18.8. The normalized spacial score (nSPS) is 25.5. The van der Waals surface area contributed by atoms with Gasteiger partial charge in [0.15, 0.2) is 17.3 Å². The molecule has 0 spiro atoms. The number of nitrogens with zero attached hydrogens (tertiary/aromatic N) is 8. The van der Waals surface area contributed by atoms with Crippen LogP contribution in [0.1, 0.15) is 178 Å². The number of aromatic nitrogens is 2. The lowest BCUT2D eigenvalue weighted by Crippen LogP contribution is -2.62. The first kappa shape index (κ1) is 82.1. The van der Waals surface area contributed by atoms with E-state index in [4.69, 9.17) is 4.74 Å². The lowest BCUT2D eigenvalue weighted by atomic mass is 9.84. The van der Waals surface area contributed by atoms with E-state index in [1.807, 2.05) is 55.4 Å². The highest BCUT2D eigenvalue weighted by Gasteiger charge is 2.46. The van der Waals surface area contributed by atoms with Crippen molar-refractivity contribution in [2.75, 3.05) is 63.0 Å². The number of esters is 1. The van der Waals surface area contributed by atoms with Crippen molar-refractivity contribution in [3.05, 3.63) is 29.6 Å². The summed E-state index contributed by atoms with van der Waals surface area (Å²) in [4.78, 5) is 192. The van der Waals surface area contributed by atoms with Gasteiger partial charge in [0.2, 0.25) is 47.3 Å². The number of imidazole rings is 1. The molecule has 1 aliphatic rings. The van der Waals surface area contributed by atoms with E-state index in [0.29, 0.717) is 16.9 Å². The second kappa shape index (κ2) is 36.3. The summed E-state index contributed by atoms with van der Waals surface area (Å²) < 4.78 is 4.99. The zero-order chi connectivity index (χ0) is 72.7. The zero-order valence-electron chi connectivity index (χ0n) is 61.5. The number of rotatable bonds is 16. The summed E-state index contributed by atoms with van der Waals surface area (Å²) >= 11 is 0. The number of nitrogens with one attached hydrogen (secondary N) is 2. The van der Waals surface area contributed by atoms with E-state index >= 15 is 19.2 Å². The number of Topliss-reactive ketones (excluding diaryl/α,β-unsaturated/α-hetero) is 3. The van der Waals surface area contributed by atoms with Crippen LogP contribution in [-0.2, 0) is 63.9 Å². The van der Waals surface area contributed by atoms with Gasteiger partial charge in [-0.3, -0.25) is 52.7 Å². The van der Waals surface area contributed by atoms with Crippen molar-refractivity contribution >= 4 is 81.6 Å².